The third kappa shape index (κ3) is 5.34. The number of aromatic nitrogens is 4. The lowest BCUT2D eigenvalue weighted by Gasteiger charge is -2.14. The first-order chi connectivity index (χ1) is 16.8. The third-order valence-corrected chi connectivity index (χ3v) is 6.24. The number of carbonyl (C=O) groups is 2. The minimum atomic E-state index is -0.319. The molecule has 0 spiro atoms. The monoisotopic (exact) mass is 477 g/mol. The minimum absolute atomic E-state index is 0.172. The molecule has 2 heterocycles. The molecular formula is C26H31N5O4. The highest BCUT2D eigenvalue weighted by Crippen LogP contribution is 2.51. The van der Waals surface area contributed by atoms with Crippen molar-refractivity contribution in [3.8, 4) is 17.3 Å². The molecule has 1 aliphatic rings. The number of nitrogens with one attached hydrogen (secondary N) is 1. The van der Waals surface area contributed by atoms with E-state index in [1.807, 2.05) is 49.6 Å². The quantitative estimate of drug-likeness (QED) is 0.451. The fraction of sp³-hybridized carbons (Fsp3) is 0.423. The maximum atomic E-state index is 13.3. The summed E-state index contributed by atoms with van der Waals surface area (Å²) in [6, 6.07) is 9.30. The Morgan fingerprint density at radius 3 is 2.77 bits per heavy atom. The molecule has 2 unspecified atom stereocenters. The first kappa shape index (κ1) is 24.4. The summed E-state index contributed by atoms with van der Waals surface area (Å²) >= 11 is 0. The Hall–Kier alpha value is -3.75. The van der Waals surface area contributed by atoms with Crippen LogP contribution >= 0.6 is 0 Å². The van der Waals surface area contributed by atoms with Gasteiger partial charge in [0.1, 0.15) is 23.6 Å². The van der Waals surface area contributed by atoms with Gasteiger partial charge in [-0.1, -0.05) is 6.07 Å². The molecule has 2 atom stereocenters. The smallest absolute Gasteiger partial charge is 0.306 e. The summed E-state index contributed by atoms with van der Waals surface area (Å²) < 4.78 is 12.5. The van der Waals surface area contributed by atoms with Crippen molar-refractivity contribution in [1.29, 1.82) is 0 Å². The predicted octanol–water partition coefficient (Wildman–Crippen LogP) is 4.55. The highest BCUT2D eigenvalue weighted by Gasteiger charge is 2.41. The van der Waals surface area contributed by atoms with Gasteiger partial charge in [0.25, 0.3) is 5.91 Å². The highest BCUT2D eigenvalue weighted by atomic mass is 16.5. The van der Waals surface area contributed by atoms with Crippen molar-refractivity contribution in [2.24, 2.45) is 5.92 Å². The lowest BCUT2D eigenvalue weighted by Crippen LogP contribution is -2.15. The largest absolute Gasteiger partial charge is 0.496 e. The molecule has 4 rings (SSSR count). The van der Waals surface area contributed by atoms with E-state index in [0.29, 0.717) is 41.7 Å². The van der Waals surface area contributed by atoms with Gasteiger partial charge in [0, 0.05) is 12.5 Å². The fourth-order valence-electron chi connectivity index (χ4n) is 4.35. The Morgan fingerprint density at radius 1 is 1.26 bits per heavy atom. The van der Waals surface area contributed by atoms with E-state index in [2.05, 4.69) is 20.5 Å². The van der Waals surface area contributed by atoms with Crippen LogP contribution in [0.1, 0.15) is 67.1 Å². The zero-order valence-electron chi connectivity index (χ0n) is 20.7. The van der Waals surface area contributed by atoms with E-state index < -0.39 is 0 Å². The van der Waals surface area contributed by atoms with Crippen LogP contribution in [0.25, 0.3) is 11.5 Å². The number of benzene rings is 1. The number of rotatable bonds is 9. The highest BCUT2D eigenvalue weighted by molar-refractivity contribution is 6.06. The minimum Gasteiger partial charge on any atom is -0.496 e. The van der Waals surface area contributed by atoms with Gasteiger partial charge in [-0.15, -0.1) is 10.2 Å². The van der Waals surface area contributed by atoms with Gasteiger partial charge in [0.2, 0.25) is 0 Å². The zero-order chi connectivity index (χ0) is 25.1. The number of methoxy groups -OCH3 is 1. The Bertz CT molecular complexity index is 1240. The molecule has 9 nitrogen and oxygen atoms in total. The van der Waals surface area contributed by atoms with Crippen LogP contribution in [-0.4, -0.2) is 45.3 Å². The van der Waals surface area contributed by atoms with Crippen LogP contribution in [0.2, 0.25) is 0 Å². The average Bonchev–Trinajstić information content (AvgIpc) is 3.38. The van der Waals surface area contributed by atoms with E-state index in [9.17, 15) is 9.59 Å². The molecule has 0 saturated heterocycles. The Labute approximate surface area is 204 Å². The standard InChI is InChI=1S/C26H31N5O4/c1-6-35-24(32)12-17-11-19(17)18-13-20(22(34-5)10-16(18)4)26(33)29-23-9-7-8-21(28-23)25-30-27-14-31(25)15(2)3/h7-10,13-15,17,19H,6,11-12H2,1-5H3,(H,28,29,33). The van der Waals surface area contributed by atoms with Gasteiger partial charge in [0.05, 0.1) is 19.3 Å². The first-order valence-corrected chi connectivity index (χ1v) is 11.8. The number of nitrogens with zero attached hydrogens (tertiary/aromatic N) is 4. The van der Waals surface area contributed by atoms with Crippen LogP contribution in [0, 0.1) is 12.8 Å². The number of esters is 1. The number of hydrogen-bond donors (Lipinski definition) is 1. The summed E-state index contributed by atoms with van der Waals surface area (Å²) in [6.45, 7) is 8.26. The van der Waals surface area contributed by atoms with Crippen LogP contribution in [0.3, 0.4) is 0 Å². The van der Waals surface area contributed by atoms with Crippen LogP contribution < -0.4 is 10.1 Å². The number of amides is 1. The number of pyridine rings is 1. The second-order valence-electron chi connectivity index (χ2n) is 9.04. The second kappa shape index (κ2) is 10.2. The zero-order valence-corrected chi connectivity index (χ0v) is 20.7. The van der Waals surface area contributed by atoms with Crippen molar-refractivity contribution in [2.75, 3.05) is 19.0 Å². The SMILES string of the molecule is CCOC(=O)CC1CC1c1cc(C(=O)Nc2cccc(-c3nncn3C(C)C)n2)c(OC)cc1C. The molecule has 1 aromatic carbocycles. The summed E-state index contributed by atoms with van der Waals surface area (Å²) in [7, 11) is 1.55. The Balaban J connectivity index is 1.55. The summed E-state index contributed by atoms with van der Waals surface area (Å²) in [4.78, 5) is 29.7. The van der Waals surface area contributed by atoms with Crippen LogP contribution in [0.15, 0.2) is 36.7 Å². The molecule has 1 aliphatic carbocycles. The Kier molecular flexibility index (Phi) is 7.14. The van der Waals surface area contributed by atoms with Gasteiger partial charge in [-0.3, -0.25) is 9.59 Å². The number of hydrogen-bond acceptors (Lipinski definition) is 7. The first-order valence-electron chi connectivity index (χ1n) is 11.8. The van der Waals surface area contributed by atoms with E-state index >= 15 is 0 Å². The molecule has 2 aromatic heterocycles. The number of anilines is 1. The fourth-order valence-corrected chi connectivity index (χ4v) is 4.35. The number of ether oxygens (including phenoxy) is 2. The average molecular weight is 478 g/mol. The maximum Gasteiger partial charge on any atom is 0.306 e. The van der Waals surface area contributed by atoms with Crippen LogP contribution in [0.5, 0.6) is 5.75 Å². The van der Waals surface area contributed by atoms with Gasteiger partial charge in [-0.25, -0.2) is 4.98 Å². The molecule has 1 N–H and O–H groups in total. The van der Waals surface area contributed by atoms with Gasteiger partial charge in [-0.05, 0) is 81.3 Å². The summed E-state index contributed by atoms with van der Waals surface area (Å²) in [5.74, 6) is 1.48. The van der Waals surface area contributed by atoms with E-state index in [4.69, 9.17) is 9.47 Å². The van der Waals surface area contributed by atoms with E-state index in [1.165, 1.54) is 0 Å². The van der Waals surface area contributed by atoms with Crippen molar-refractivity contribution >= 4 is 17.7 Å². The van der Waals surface area contributed by atoms with Gasteiger partial charge >= 0.3 is 5.97 Å². The van der Waals surface area contributed by atoms with Crippen molar-refractivity contribution in [3.63, 3.8) is 0 Å². The summed E-state index contributed by atoms with van der Waals surface area (Å²) in [5.41, 5.74) is 3.12. The van der Waals surface area contributed by atoms with E-state index in [1.54, 1.807) is 26.4 Å². The molecule has 9 heteroatoms. The van der Waals surface area contributed by atoms with Crippen LogP contribution in [0.4, 0.5) is 5.82 Å². The molecule has 1 fully saturated rings. The lowest BCUT2D eigenvalue weighted by molar-refractivity contribution is -0.143. The summed E-state index contributed by atoms with van der Waals surface area (Å²) in [6.07, 6.45) is 2.95. The molecule has 184 valence electrons. The lowest BCUT2D eigenvalue weighted by atomic mass is 9.98. The normalized spacial score (nSPS) is 16.7. The molecule has 1 saturated carbocycles. The van der Waals surface area contributed by atoms with Gasteiger partial charge in [0.15, 0.2) is 5.82 Å². The van der Waals surface area contributed by atoms with Gasteiger partial charge in [-0.2, -0.15) is 0 Å². The third-order valence-electron chi connectivity index (χ3n) is 6.24. The van der Waals surface area contributed by atoms with E-state index in [0.717, 1.165) is 17.5 Å². The molecule has 0 radical (unpaired) electrons. The Morgan fingerprint density at radius 2 is 2.06 bits per heavy atom. The topological polar surface area (TPSA) is 108 Å². The molecular weight excluding hydrogens is 446 g/mol. The number of carbonyl (C=O) groups excluding carboxylic acids is 2. The van der Waals surface area contributed by atoms with Crippen molar-refractivity contribution in [2.45, 2.75) is 52.5 Å². The van der Waals surface area contributed by atoms with Gasteiger partial charge < -0.3 is 19.4 Å². The maximum absolute atomic E-state index is 13.3. The van der Waals surface area contributed by atoms with Crippen molar-refractivity contribution in [3.05, 3.63) is 53.3 Å². The molecule has 1 amide bonds. The van der Waals surface area contributed by atoms with Crippen molar-refractivity contribution in [1.82, 2.24) is 19.7 Å². The van der Waals surface area contributed by atoms with Crippen LogP contribution in [-0.2, 0) is 9.53 Å². The molecule has 35 heavy (non-hydrogen) atoms. The number of aryl methyl sites for hydroxylation is 1. The van der Waals surface area contributed by atoms with E-state index in [-0.39, 0.29) is 29.8 Å². The second-order valence-corrected chi connectivity index (χ2v) is 9.04. The van der Waals surface area contributed by atoms with Crippen molar-refractivity contribution < 1.29 is 19.1 Å². The summed E-state index contributed by atoms with van der Waals surface area (Å²) in [5, 5.41) is 11.1. The predicted molar refractivity (Wildman–Crippen MR) is 131 cm³/mol. The molecule has 0 aliphatic heterocycles. The molecule has 3 aromatic rings. The molecule has 0 bridgehead atoms.